The van der Waals surface area contributed by atoms with Gasteiger partial charge in [0.2, 0.25) is 0 Å². The molecule has 8 heavy (non-hydrogen) atoms. The van der Waals surface area contributed by atoms with Crippen LogP contribution in [0.5, 0.6) is 0 Å². The van der Waals surface area contributed by atoms with Gasteiger partial charge in [-0.15, -0.1) is 22.9 Å². The predicted molar refractivity (Wildman–Crippen MR) is 33.8 cm³/mol. The molecule has 0 saturated carbocycles. The first-order valence-corrected chi connectivity index (χ1v) is 3.53. The SMILES string of the molecule is Fc1csc(CCl)c1. The summed E-state index contributed by atoms with van der Waals surface area (Å²) in [6.07, 6.45) is 0. The Hall–Kier alpha value is -0.0800. The van der Waals surface area contributed by atoms with E-state index >= 15 is 0 Å². The average molecular weight is 151 g/mol. The van der Waals surface area contributed by atoms with Crippen LogP contribution >= 0.6 is 22.9 Å². The Kier molecular flexibility index (Phi) is 1.86. The third-order valence-corrected chi connectivity index (χ3v) is 2.11. The zero-order valence-electron chi connectivity index (χ0n) is 4.03. The van der Waals surface area contributed by atoms with Crippen molar-refractivity contribution < 1.29 is 4.39 Å². The Morgan fingerprint density at radius 1 is 1.75 bits per heavy atom. The van der Waals surface area contributed by atoms with E-state index in [1.807, 2.05) is 0 Å². The van der Waals surface area contributed by atoms with Gasteiger partial charge in [0.15, 0.2) is 0 Å². The quantitative estimate of drug-likeness (QED) is 0.540. The lowest BCUT2D eigenvalue weighted by atomic mass is 10.5. The molecular weight excluding hydrogens is 147 g/mol. The first-order valence-electron chi connectivity index (χ1n) is 2.12. The van der Waals surface area contributed by atoms with Gasteiger partial charge >= 0.3 is 0 Å². The fourth-order valence-corrected chi connectivity index (χ4v) is 1.27. The normalized spacial score (nSPS) is 9.75. The van der Waals surface area contributed by atoms with Crippen LogP contribution in [-0.2, 0) is 5.88 Å². The van der Waals surface area contributed by atoms with Gasteiger partial charge in [0.25, 0.3) is 0 Å². The summed E-state index contributed by atoms with van der Waals surface area (Å²) in [6, 6.07) is 1.44. The fourth-order valence-electron chi connectivity index (χ4n) is 0.424. The number of hydrogen-bond donors (Lipinski definition) is 0. The highest BCUT2D eigenvalue weighted by Gasteiger charge is 1.94. The summed E-state index contributed by atoms with van der Waals surface area (Å²) in [7, 11) is 0. The third kappa shape index (κ3) is 1.20. The molecule has 1 heterocycles. The van der Waals surface area contributed by atoms with E-state index < -0.39 is 0 Å². The monoisotopic (exact) mass is 150 g/mol. The van der Waals surface area contributed by atoms with Gasteiger partial charge in [0.1, 0.15) is 5.82 Å². The second kappa shape index (κ2) is 2.46. The number of hydrogen-bond acceptors (Lipinski definition) is 1. The molecule has 0 fully saturated rings. The van der Waals surface area contributed by atoms with Crippen molar-refractivity contribution in [3.63, 3.8) is 0 Å². The van der Waals surface area contributed by atoms with E-state index in [9.17, 15) is 4.39 Å². The Morgan fingerprint density at radius 2 is 2.50 bits per heavy atom. The Bertz CT molecular complexity index is 173. The lowest BCUT2D eigenvalue weighted by molar-refractivity contribution is 0.632. The molecule has 0 spiro atoms. The molecule has 0 atom stereocenters. The van der Waals surface area contributed by atoms with E-state index in [1.165, 1.54) is 22.8 Å². The zero-order valence-corrected chi connectivity index (χ0v) is 5.60. The standard InChI is InChI=1S/C5H4ClFS/c6-2-5-1-4(7)3-8-5/h1,3H,2H2. The third-order valence-electron chi connectivity index (χ3n) is 0.753. The summed E-state index contributed by atoms with van der Waals surface area (Å²) in [6.45, 7) is 0. The van der Waals surface area contributed by atoms with Crippen molar-refractivity contribution in [3.05, 3.63) is 22.1 Å². The molecule has 0 aliphatic carbocycles. The number of alkyl halides is 1. The maximum absolute atomic E-state index is 12.1. The van der Waals surface area contributed by atoms with Crippen LogP contribution in [-0.4, -0.2) is 0 Å². The maximum atomic E-state index is 12.1. The summed E-state index contributed by atoms with van der Waals surface area (Å²) < 4.78 is 12.1. The van der Waals surface area contributed by atoms with Gasteiger partial charge in [-0.3, -0.25) is 0 Å². The molecule has 44 valence electrons. The lowest BCUT2D eigenvalue weighted by Gasteiger charge is -1.76. The van der Waals surface area contributed by atoms with Crippen LogP contribution in [0.2, 0.25) is 0 Å². The van der Waals surface area contributed by atoms with Gasteiger partial charge in [-0.25, -0.2) is 4.39 Å². The van der Waals surface area contributed by atoms with Gasteiger partial charge in [-0.1, -0.05) is 0 Å². The Labute approximate surface area is 55.9 Å². The molecular formula is C5H4ClFS. The maximum Gasteiger partial charge on any atom is 0.134 e. The highest BCUT2D eigenvalue weighted by Crippen LogP contribution is 2.14. The minimum absolute atomic E-state index is 0.189. The first kappa shape index (κ1) is 6.05. The predicted octanol–water partition coefficient (Wildman–Crippen LogP) is 2.63. The van der Waals surface area contributed by atoms with Gasteiger partial charge < -0.3 is 0 Å². The second-order valence-corrected chi connectivity index (χ2v) is 2.63. The van der Waals surface area contributed by atoms with E-state index in [4.69, 9.17) is 11.6 Å². The van der Waals surface area contributed by atoms with Crippen LogP contribution in [0.1, 0.15) is 4.88 Å². The van der Waals surface area contributed by atoms with Gasteiger partial charge in [-0.05, 0) is 6.07 Å². The smallest absolute Gasteiger partial charge is 0.134 e. The van der Waals surface area contributed by atoms with E-state index in [1.54, 1.807) is 0 Å². The summed E-state index contributed by atoms with van der Waals surface area (Å²) in [4.78, 5) is 0.879. The average Bonchev–Trinajstić information content (AvgIpc) is 2.14. The zero-order chi connectivity index (χ0) is 5.98. The Morgan fingerprint density at radius 3 is 2.75 bits per heavy atom. The summed E-state index contributed by atoms with van der Waals surface area (Å²) >= 11 is 6.73. The van der Waals surface area contributed by atoms with E-state index in [0.29, 0.717) is 5.88 Å². The number of rotatable bonds is 1. The van der Waals surface area contributed by atoms with Gasteiger partial charge in [0.05, 0.1) is 5.88 Å². The van der Waals surface area contributed by atoms with Crippen molar-refractivity contribution in [2.24, 2.45) is 0 Å². The molecule has 0 aliphatic heterocycles. The van der Waals surface area contributed by atoms with Crippen LogP contribution in [0, 0.1) is 5.82 Å². The molecule has 0 unspecified atom stereocenters. The summed E-state index contributed by atoms with van der Waals surface area (Å²) in [5.74, 6) is 0.222. The van der Waals surface area contributed by atoms with Crippen molar-refractivity contribution in [2.75, 3.05) is 0 Å². The van der Waals surface area contributed by atoms with Crippen molar-refractivity contribution in [1.29, 1.82) is 0 Å². The van der Waals surface area contributed by atoms with Crippen molar-refractivity contribution in [3.8, 4) is 0 Å². The molecule has 0 aromatic carbocycles. The van der Waals surface area contributed by atoms with Crippen molar-refractivity contribution in [1.82, 2.24) is 0 Å². The molecule has 3 heteroatoms. The summed E-state index contributed by atoms with van der Waals surface area (Å²) in [5.41, 5.74) is 0. The molecule has 0 saturated heterocycles. The van der Waals surface area contributed by atoms with E-state index in [-0.39, 0.29) is 5.82 Å². The molecule has 1 rings (SSSR count). The van der Waals surface area contributed by atoms with Gasteiger partial charge in [0, 0.05) is 10.3 Å². The minimum atomic E-state index is -0.189. The highest BCUT2D eigenvalue weighted by atomic mass is 35.5. The van der Waals surface area contributed by atoms with Gasteiger partial charge in [-0.2, -0.15) is 0 Å². The molecule has 1 aromatic heterocycles. The molecule has 1 aromatic rings. The summed E-state index contributed by atoms with van der Waals surface area (Å²) in [5, 5.41) is 1.44. The van der Waals surface area contributed by atoms with Crippen molar-refractivity contribution in [2.45, 2.75) is 5.88 Å². The number of thiophene rings is 1. The first-order chi connectivity index (χ1) is 3.83. The highest BCUT2D eigenvalue weighted by molar-refractivity contribution is 7.10. The van der Waals surface area contributed by atoms with Crippen LogP contribution in [0.25, 0.3) is 0 Å². The van der Waals surface area contributed by atoms with Crippen LogP contribution in [0.3, 0.4) is 0 Å². The lowest BCUT2D eigenvalue weighted by Crippen LogP contribution is -1.62. The second-order valence-electron chi connectivity index (χ2n) is 1.36. The Balaban J connectivity index is 2.84. The largest absolute Gasteiger partial charge is 0.206 e. The fraction of sp³-hybridized carbons (Fsp3) is 0.200. The van der Waals surface area contributed by atoms with Crippen molar-refractivity contribution >= 4 is 22.9 Å². The molecule has 0 radical (unpaired) electrons. The van der Waals surface area contributed by atoms with E-state index in [0.717, 1.165) is 4.88 Å². The minimum Gasteiger partial charge on any atom is -0.206 e. The van der Waals surface area contributed by atoms with Crippen LogP contribution in [0.15, 0.2) is 11.4 Å². The molecule has 0 amide bonds. The van der Waals surface area contributed by atoms with E-state index in [2.05, 4.69) is 0 Å². The van der Waals surface area contributed by atoms with Crippen LogP contribution < -0.4 is 0 Å². The molecule has 0 nitrogen and oxygen atoms in total. The topological polar surface area (TPSA) is 0 Å². The molecule has 0 N–H and O–H groups in total. The molecule has 0 bridgehead atoms. The molecule has 0 aliphatic rings. The number of halogens is 2. The van der Waals surface area contributed by atoms with Crippen LogP contribution in [0.4, 0.5) is 4.39 Å².